The lowest BCUT2D eigenvalue weighted by atomic mass is 10.2. The summed E-state index contributed by atoms with van der Waals surface area (Å²) >= 11 is 5.93. The second kappa shape index (κ2) is 11.6. The van der Waals surface area contributed by atoms with Crippen LogP contribution in [0.25, 0.3) is 0 Å². The number of benzene rings is 1. The topological polar surface area (TPSA) is 65.5 Å². The molecule has 0 saturated carbocycles. The fourth-order valence-corrected chi connectivity index (χ4v) is 1.78. The molecule has 0 aliphatic carbocycles. The van der Waals surface area contributed by atoms with E-state index in [2.05, 4.69) is 20.9 Å². The molecule has 0 aliphatic heterocycles. The third kappa shape index (κ3) is 8.77. The number of rotatable bonds is 6. The highest BCUT2D eigenvalue weighted by molar-refractivity contribution is 14.0. The molecule has 0 atom stereocenters. The van der Waals surface area contributed by atoms with E-state index in [0.29, 0.717) is 24.1 Å². The quantitative estimate of drug-likeness (QED) is 0.372. The van der Waals surface area contributed by atoms with Gasteiger partial charge in [-0.2, -0.15) is 0 Å². The van der Waals surface area contributed by atoms with Crippen LogP contribution in [0.4, 0.5) is 0 Å². The number of carbonyl (C=O) groups excluding carboxylic acids is 1. The summed E-state index contributed by atoms with van der Waals surface area (Å²) in [6, 6.07) is 7.55. The smallest absolute Gasteiger partial charge is 0.239 e. The van der Waals surface area contributed by atoms with E-state index in [1.54, 1.807) is 0 Å². The van der Waals surface area contributed by atoms with Crippen LogP contribution in [0, 0.1) is 0 Å². The Morgan fingerprint density at radius 2 is 1.90 bits per heavy atom. The summed E-state index contributed by atoms with van der Waals surface area (Å²) < 4.78 is 0. The summed E-state index contributed by atoms with van der Waals surface area (Å²) in [6.07, 6.45) is 0. The Morgan fingerprint density at radius 3 is 2.52 bits per heavy atom. The van der Waals surface area contributed by atoms with Crippen LogP contribution in [0.3, 0.4) is 0 Å². The molecule has 7 heteroatoms. The molecule has 118 valence electrons. The maximum Gasteiger partial charge on any atom is 0.239 e. The maximum absolute atomic E-state index is 11.4. The lowest BCUT2D eigenvalue weighted by Crippen LogP contribution is -2.43. The van der Waals surface area contributed by atoms with E-state index in [4.69, 9.17) is 11.6 Å². The normalized spacial score (nSPS) is 10.5. The van der Waals surface area contributed by atoms with Gasteiger partial charge in [-0.15, -0.1) is 24.0 Å². The van der Waals surface area contributed by atoms with Gasteiger partial charge in [-0.1, -0.05) is 23.7 Å². The van der Waals surface area contributed by atoms with Crippen molar-refractivity contribution in [3.8, 4) is 0 Å². The Hall–Kier alpha value is -1.02. The molecular weight excluding hydrogens is 403 g/mol. The predicted octanol–water partition coefficient (Wildman–Crippen LogP) is 2.15. The Labute approximate surface area is 148 Å². The number of halogens is 2. The van der Waals surface area contributed by atoms with Crippen LogP contribution < -0.4 is 16.0 Å². The van der Waals surface area contributed by atoms with Crippen molar-refractivity contribution in [1.82, 2.24) is 16.0 Å². The van der Waals surface area contributed by atoms with Gasteiger partial charge in [0.25, 0.3) is 0 Å². The zero-order valence-corrected chi connectivity index (χ0v) is 15.4. The van der Waals surface area contributed by atoms with Gasteiger partial charge in [-0.25, -0.2) is 4.99 Å². The van der Waals surface area contributed by atoms with Crippen molar-refractivity contribution < 1.29 is 4.79 Å². The fraction of sp³-hybridized carbons (Fsp3) is 0.429. The van der Waals surface area contributed by atoms with E-state index in [1.165, 1.54) is 0 Å². The monoisotopic (exact) mass is 424 g/mol. The maximum atomic E-state index is 11.4. The number of hydrogen-bond donors (Lipinski definition) is 3. The molecule has 0 fully saturated rings. The summed E-state index contributed by atoms with van der Waals surface area (Å²) in [4.78, 5) is 15.8. The predicted molar refractivity (Wildman–Crippen MR) is 98.4 cm³/mol. The van der Waals surface area contributed by atoms with Crippen molar-refractivity contribution >= 4 is 47.4 Å². The lowest BCUT2D eigenvalue weighted by molar-refractivity contribution is -0.119. The van der Waals surface area contributed by atoms with Crippen LogP contribution in [0.5, 0.6) is 0 Å². The molecular formula is C14H22ClIN4O. The molecule has 1 amide bonds. The molecule has 3 N–H and O–H groups in total. The first-order valence-corrected chi connectivity index (χ1v) is 7.06. The lowest BCUT2D eigenvalue weighted by Gasteiger charge is -2.11. The van der Waals surface area contributed by atoms with Crippen LogP contribution in [0.1, 0.15) is 19.4 Å². The van der Waals surface area contributed by atoms with Crippen molar-refractivity contribution in [2.45, 2.75) is 20.4 Å². The molecule has 0 aliphatic rings. The number of aliphatic imine (C=N–C) groups is 1. The molecule has 0 spiro atoms. The summed E-state index contributed by atoms with van der Waals surface area (Å²) in [5, 5.41) is 9.49. The number of nitrogens with one attached hydrogen (secondary N) is 3. The van der Waals surface area contributed by atoms with E-state index < -0.39 is 0 Å². The molecule has 1 rings (SSSR count). The number of hydrogen-bond acceptors (Lipinski definition) is 2. The second-order valence-corrected chi connectivity index (χ2v) is 4.57. The van der Waals surface area contributed by atoms with Gasteiger partial charge in [0, 0.05) is 18.1 Å². The van der Waals surface area contributed by atoms with Gasteiger partial charge in [0.1, 0.15) is 0 Å². The minimum atomic E-state index is -0.0548. The van der Waals surface area contributed by atoms with Gasteiger partial charge in [0.05, 0.1) is 13.1 Å². The first-order valence-electron chi connectivity index (χ1n) is 6.69. The van der Waals surface area contributed by atoms with Crippen LogP contribution in [0.15, 0.2) is 29.3 Å². The van der Waals surface area contributed by atoms with Crippen molar-refractivity contribution in [3.63, 3.8) is 0 Å². The Morgan fingerprint density at radius 1 is 1.19 bits per heavy atom. The Kier molecular flexibility index (Phi) is 11.1. The van der Waals surface area contributed by atoms with Crippen molar-refractivity contribution in [3.05, 3.63) is 34.9 Å². The summed E-state index contributed by atoms with van der Waals surface area (Å²) in [5.41, 5.74) is 1.02. The van der Waals surface area contributed by atoms with Gasteiger partial charge >= 0.3 is 0 Å². The largest absolute Gasteiger partial charge is 0.357 e. The zero-order valence-electron chi connectivity index (χ0n) is 12.3. The average Bonchev–Trinajstić information content (AvgIpc) is 2.42. The van der Waals surface area contributed by atoms with E-state index in [1.807, 2.05) is 38.1 Å². The summed E-state index contributed by atoms with van der Waals surface area (Å²) in [6.45, 7) is 5.92. The van der Waals surface area contributed by atoms with Crippen LogP contribution in [0.2, 0.25) is 5.02 Å². The molecule has 1 aromatic rings. The number of amides is 1. The second-order valence-electron chi connectivity index (χ2n) is 4.13. The van der Waals surface area contributed by atoms with Crippen LogP contribution in [-0.4, -0.2) is 31.5 Å². The minimum Gasteiger partial charge on any atom is -0.357 e. The molecule has 0 heterocycles. The third-order valence-electron chi connectivity index (χ3n) is 2.44. The van der Waals surface area contributed by atoms with Crippen LogP contribution >= 0.6 is 35.6 Å². The average molecular weight is 425 g/mol. The molecule has 0 saturated heterocycles. The van der Waals surface area contributed by atoms with Gasteiger partial charge in [0.15, 0.2) is 5.96 Å². The van der Waals surface area contributed by atoms with E-state index in [0.717, 1.165) is 12.1 Å². The number of likely N-dealkylation sites (N-methyl/N-ethyl adjacent to an activating group) is 1. The molecule has 0 unspecified atom stereocenters. The molecule has 0 radical (unpaired) electrons. The SMILES string of the molecule is CCNC(=O)CNC(=NCc1cccc(Cl)c1)NCC.I. The van der Waals surface area contributed by atoms with Crippen molar-refractivity contribution in [2.75, 3.05) is 19.6 Å². The highest BCUT2D eigenvalue weighted by atomic mass is 127. The zero-order chi connectivity index (χ0) is 14.8. The van der Waals surface area contributed by atoms with E-state index >= 15 is 0 Å². The van der Waals surface area contributed by atoms with E-state index in [-0.39, 0.29) is 36.4 Å². The van der Waals surface area contributed by atoms with Crippen LogP contribution in [-0.2, 0) is 11.3 Å². The number of guanidine groups is 1. The standard InChI is InChI=1S/C14H21ClN4O.HI/c1-3-16-13(20)10-19-14(17-4-2)18-9-11-6-5-7-12(15)8-11;/h5-8H,3-4,9-10H2,1-2H3,(H,16,20)(H2,17,18,19);1H. The van der Waals surface area contributed by atoms with Crippen molar-refractivity contribution in [1.29, 1.82) is 0 Å². The van der Waals surface area contributed by atoms with Gasteiger partial charge in [-0.3, -0.25) is 4.79 Å². The first kappa shape index (κ1) is 20.0. The summed E-state index contributed by atoms with van der Waals surface area (Å²) in [5.74, 6) is 0.555. The van der Waals surface area contributed by atoms with Crippen molar-refractivity contribution in [2.24, 2.45) is 4.99 Å². The van der Waals surface area contributed by atoms with Gasteiger partial charge in [0.2, 0.25) is 5.91 Å². The van der Waals surface area contributed by atoms with Gasteiger partial charge < -0.3 is 16.0 Å². The van der Waals surface area contributed by atoms with E-state index in [9.17, 15) is 4.79 Å². The number of nitrogens with zero attached hydrogens (tertiary/aromatic N) is 1. The fourth-order valence-electron chi connectivity index (χ4n) is 1.57. The highest BCUT2D eigenvalue weighted by Crippen LogP contribution is 2.11. The Bertz CT molecular complexity index is 468. The van der Waals surface area contributed by atoms with Gasteiger partial charge in [-0.05, 0) is 31.5 Å². The molecule has 5 nitrogen and oxygen atoms in total. The Balaban J connectivity index is 0.00000400. The third-order valence-corrected chi connectivity index (χ3v) is 2.68. The molecule has 0 bridgehead atoms. The molecule has 1 aromatic carbocycles. The highest BCUT2D eigenvalue weighted by Gasteiger charge is 2.02. The number of carbonyl (C=O) groups is 1. The minimum absolute atomic E-state index is 0. The molecule has 0 aromatic heterocycles. The molecule has 21 heavy (non-hydrogen) atoms. The summed E-state index contributed by atoms with van der Waals surface area (Å²) in [7, 11) is 0. The first-order chi connectivity index (χ1) is 9.65.